The molecule has 7 aromatic rings. The summed E-state index contributed by atoms with van der Waals surface area (Å²) < 4.78 is 16.4. The van der Waals surface area contributed by atoms with Crippen molar-refractivity contribution in [1.82, 2.24) is 24.1 Å². The van der Waals surface area contributed by atoms with Gasteiger partial charge in [0.05, 0.1) is 37.0 Å². The number of methoxy groups -OCH3 is 2. The van der Waals surface area contributed by atoms with Crippen LogP contribution >= 0.6 is 22.6 Å². The molecule has 0 saturated carbocycles. The first-order valence-corrected chi connectivity index (χ1v) is 21.8. The van der Waals surface area contributed by atoms with Crippen LogP contribution in [-0.2, 0) is 24.0 Å². The second-order valence-electron chi connectivity index (χ2n) is 16.5. The summed E-state index contributed by atoms with van der Waals surface area (Å²) in [5.74, 6) is 1.10. The van der Waals surface area contributed by atoms with E-state index in [0.29, 0.717) is 60.1 Å². The van der Waals surface area contributed by atoms with Gasteiger partial charge in [-0.1, -0.05) is 6.07 Å². The Bertz CT molecular complexity index is 2890. The molecule has 2 aliphatic heterocycles. The Kier molecular flexibility index (Phi) is 12.1. The lowest BCUT2D eigenvalue weighted by Crippen LogP contribution is -2.39. The minimum Gasteiger partial charge on any atom is -0.497 e. The molecule has 14 nitrogen and oxygen atoms in total. The zero-order valence-corrected chi connectivity index (χ0v) is 38.5. The van der Waals surface area contributed by atoms with E-state index in [2.05, 4.69) is 32.8 Å². The molecule has 9 rings (SSSR count). The number of hydrogen-bond acceptors (Lipinski definition) is 9. The predicted octanol–water partition coefficient (Wildman–Crippen LogP) is 7.38. The number of nitrogens with zero attached hydrogens (tertiary/aromatic N) is 7. The summed E-state index contributed by atoms with van der Waals surface area (Å²) in [6.45, 7) is 7.75. The van der Waals surface area contributed by atoms with E-state index >= 15 is 0 Å². The summed E-state index contributed by atoms with van der Waals surface area (Å²) in [6.07, 6.45) is 2.89. The van der Waals surface area contributed by atoms with Crippen molar-refractivity contribution in [2.45, 2.75) is 51.7 Å². The number of hydrogen-bond donors (Lipinski definition) is 2. The molecule has 0 spiro atoms. The number of ether oxygens (including phenoxy) is 2. The lowest BCUT2D eigenvalue weighted by molar-refractivity contribution is 0.0718. The highest BCUT2D eigenvalue weighted by Crippen LogP contribution is 2.35. The first kappa shape index (κ1) is 44.1. The van der Waals surface area contributed by atoms with Crippen molar-refractivity contribution in [3.8, 4) is 28.6 Å². The molecule has 0 atom stereocenters. The van der Waals surface area contributed by atoms with E-state index in [4.69, 9.17) is 9.47 Å². The number of carbonyl (C=O) groups is 2. The van der Waals surface area contributed by atoms with Gasteiger partial charge in [0.25, 0.3) is 17.4 Å². The highest BCUT2D eigenvalue weighted by molar-refractivity contribution is 14.1. The molecule has 15 heteroatoms. The standard InChI is InChI=1S/C27H26N4O4.C22H22IN3O3/c1-27(2,34)25-22-15-17-30(19-9-7-18(8-10-19)29-16-5-4-6-23(29)32)26(33)24(22)31(28-25)20-11-13-21(35-3)14-12-20;1-22(2,28)20-18-12-13-25(15-6-4-14(23)5-7-15)21(27)19(18)26(24-20)16-8-10-17(29-3)11-9-16/h4-14,16,34H,15,17H2,1-3H3;4-11,28H,12-13H2,1-3H3. The maximum absolute atomic E-state index is 13.8. The fourth-order valence-corrected chi connectivity index (χ4v) is 8.43. The molecule has 64 heavy (non-hydrogen) atoms. The van der Waals surface area contributed by atoms with Gasteiger partial charge in [-0.15, -0.1) is 0 Å². The van der Waals surface area contributed by atoms with Gasteiger partial charge in [-0.2, -0.15) is 10.2 Å². The van der Waals surface area contributed by atoms with Gasteiger partial charge in [0.2, 0.25) is 0 Å². The van der Waals surface area contributed by atoms with Crippen LogP contribution in [0.5, 0.6) is 11.5 Å². The quantitative estimate of drug-likeness (QED) is 0.141. The molecule has 3 aromatic heterocycles. The van der Waals surface area contributed by atoms with Crippen LogP contribution < -0.4 is 24.8 Å². The number of anilines is 2. The van der Waals surface area contributed by atoms with Gasteiger partial charge >= 0.3 is 0 Å². The third-order valence-electron chi connectivity index (χ3n) is 11.2. The minimum absolute atomic E-state index is 0.119. The first-order valence-electron chi connectivity index (χ1n) is 20.7. The molecule has 328 valence electrons. The van der Waals surface area contributed by atoms with E-state index in [1.807, 2.05) is 97.1 Å². The summed E-state index contributed by atoms with van der Waals surface area (Å²) in [6, 6.07) is 34.9. The smallest absolute Gasteiger partial charge is 0.277 e. The first-order chi connectivity index (χ1) is 30.6. The number of aromatic nitrogens is 5. The van der Waals surface area contributed by atoms with Crippen LogP contribution in [0.15, 0.2) is 126 Å². The van der Waals surface area contributed by atoms with Gasteiger partial charge in [0.15, 0.2) is 0 Å². The molecule has 2 amide bonds. The SMILES string of the molecule is COc1ccc(-n2nc(C(C)(C)O)c3c2C(=O)N(c2ccc(-n4ccccc4=O)cc2)CC3)cc1.COc1ccc(-n2nc(C(C)(C)O)c3c2C(=O)N(c2ccc(I)cc2)CC3)cc1. The number of carbonyl (C=O) groups excluding carboxylic acids is 2. The van der Waals surface area contributed by atoms with Crippen molar-refractivity contribution >= 4 is 45.8 Å². The zero-order chi connectivity index (χ0) is 45.5. The van der Waals surface area contributed by atoms with Crippen molar-refractivity contribution in [1.29, 1.82) is 0 Å². The van der Waals surface area contributed by atoms with Crippen LogP contribution in [0.2, 0.25) is 0 Å². The fourth-order valence-electron chi connectivity index (χ4n) is 8.07. The van der Waals surface area contributed by atoms with Crippen molar-refractivity contribution in [2.24, 2.45) is 0 Å². The Morgan fingerprint density at radius 2 is 0.938 bits per heavy atom. The third-order valence-corrected chi connectivity index (χ3v) is 11.9. The topological polar surface area (TPSA) is 157 Å². The number of pyridine rings is 1. The maximum atomic E-state index is 13.8. The number of rotatable bonds is 9. The highest BCUT2D eigenvalue weighted by atomic mass is 127. The molecular formula is C49H48IN7O7. The van der Waals surface area contributed by atoms with Crippen LogP contribution in [0.1, 0.15) is 71.2 Å². The van der Waals surface area contributed by atoms with Crippen LogP contribution in [0.4, 0.5) is 11.4 Å². The predicted molar refractivity (Wildman–Crippen MR) is 253 cm³/mol. The van der Waals surface area contributed by atoms with Gasteiger partial charge < -0.3 is 29.5 Å². The van der Waals surface area contributed by atoms with E-state index in [9.17, 15) is 24.6 Å². The molecule has 0 saturated heterocycles. The van der Waals surface area contributed by atoms with Crippen LogP contribution in [0.3, 0.4) is 0 Å². The highest BCUT2D eigenvalue weighted by Gasteiger charge is 2.38. The summed E-state index contributed by atoms with van der Waals surface area (Å²) in [4.78, 5) is 42.9. The van der Waals surface area contributed by atoms with Gasteiger partial charge in [0.1, 0.15) is 34.1 Å². The second-order valence-corrected chi connectivity index (χ2v) is 17.8. The van der Waals surface area contributed by atoms with Gasteiger partial charge in [-0.05, 0) is 166 Å². The zero-order valence-electron chi connectivity index (χ0n) is 36.3. The van der Waals surface area contributed by atoms with Crippen molar-refractivity contribution in [3.05, 3.63) is 169 Å². The summed E-state index contributed by atoms with van der Waals surface area (Å²) in [7, 11) is 3.21. The molecule has 2 N–H and O–H groups in total. The van der Waals surface area contributed by atoms with E-state index in [1.165, 1.54) is 6.07 Å². The second kappa shape index (κ2) is 17.5. The van der Waals surface area contributed by atoms with Gasteiger partial charge in [0, 0.05) is 57.1 Å². The van der Waals surface area contributed by atoms with Crippen LogP contribution in [-0.4, -0.2) is 73.5 Å². The number of aliphatic hydroxyl groups is 2. The average molecular weight is 974 g/mol. The Balaban J connectivity index is 0.000000178. The van der Waals surface area contributed by atoms with Crippen molar-refractivity contribution in [2.75, 3.05) is 37.1 Å². The van der Waals surface area contributed by atoms with E-state index in [-0.39, 0.29) is 17.4 Å². The number of fused-ring (bicyclic) bond motifs is 2. The maximum Gasteiger partial charge on any atom is 0.277 e. The molecule has 0 radical (unpaired) electrons. The lowest BCUT2D eigenvalue weighted by atomic mass is 9.94. The monoisotopic (exact) mass is 973 g/mol. The summed E-state index contributed by atoms with van der Waals surface area (Å²) in [5.41, 5.74) is 4.80. The fraction of sp³-hybridized carbons (Fsp3) is 0.245. The van der Waals surface area contributed by atoms with E-state index in [0.717, 1.165) is 43.2 Å². The molecule has 0 fully saturated rings. The van der Waals surface area contributed by atoms with Crippen LogP contribution in [0, 0.1) is 3.57 Å². The molecular weight excluding hydrogens is 925 g/mol. The third kappa shape index (κ3) is 8.57. The number of amides is 2. The molecule has 2 aliphatic rings. The Labute approximate surface area is 384 Å². The number of halogens is 1. The molecule has 5 heterocycles. The number of benzene rings is 4. The molecule has 0 unspecified atom stereocenters. The molecule has 0 aliphatic carbocycles. The van der Waals surface area contributed by atoms with Crippen LogP contribution in [0.25, 0.3) is 17.1 Å². The van der Waals surface area contributed by atoms with Gasteiger partial charge in [-0.25, -0.2) is 9.36 Å². The Morgan fingerprint density at radius 1 is 0.547 bits per heavy atom. The Hall–Kier alpha value is -6.56. The Morgan fingerprint density at radius 3 is 1.33 bits per heavy atom. The summed E-state index contributed by atoms with van der Waals surface area (Å²) in [5, 5.41) is 30.8. The van der Waals surface area contributed by atoms with Crippen molar-refractivity contribution < 1.29 is 29.3 Å². The normalized spacial score (nSPS) is 13.8. The largest absolute Gasteiger partial charge is 0.497 e. The summed E-state index contributed by atoms with van der Waals surface area (Å²) >= 11 is 2.25. The van der Waals surface area contributed by atoms with E-state index < -0.39 is 11.2 Å². The van der Waals surface area contributed by atoms with E-state index in [1.54, 1.807) is 84.0 Å². The van der Waals surface area contributed by atoms with Crippen molar-refractivity contribution in [3.63, 3.8) is 0 Å². The molecule has 0 bridgehead atoms. The minimum atomic E-state index is -1.20. The van der Waals surface area contributed by atoms with Gasteiger partial charge in [-0.3, -0.25) is 19.0 Å². The lowest BCUT2D eigenvalue weighted by Gasteiger charge is -2.28. The molecule has 4 aromatic carbocycles. The average Bonchev–Trinajstić information content (AvgIpc) is 3.90.